The third kappa shape index (κ3) is 1.84. The van der Waals surface area contributed by atoms with Crippen LogP contribution in [-0.2, 0) is 4.79 Å². The quantitative estimate of drug-likeness (QED) is 0.428. The fourth-order valence-corrected chi connectivity index (χ4v) is 1.21. The molecule has 11 heavy (non-hydrogen) atoms. The fourth-order valence-electron chi connectivity index (χ4n) is 0.777. The molecule has 60 valence electrons. The molecule has 0 saturated carbocycles. The van der Waals surface area contributed by atoms with Crippen molar-refractivity contribution < 1.29 is 4.79 Å². The van der Waals surface area contributed by atoms with Gasteiger partial charge in [0.2, 0.25) is 0 Å². The number of allylic oxidation sites excluding steroid dienone is 3. The van der Waals surface area contributed by atoms with Gasteiger partial charge in [0, 0.05) is 10.2 Å². The highest BCUT2D eigenvalue weighted by Gasteiger charge is 2.25. The molecule has 0 radical (unpaired) electrons. The van der Waals surface area contributed by atoms with Crippen LogP contribution in [0.1, 0.15) is 6.92 Å². The number of carbonyl (C=O) groups is 1. The van der Waals surface area contributed by atoms with Crippen molar-refractivity contribution in [2.24, 2.45) is 0 Å². The van der Waals surface area contributed by atoms with Crippen LogP contribution in [0.15, 0.2) is 22.3 Å². The number of carbonyl (C=O) groups excluding carboxylic acids is 1. The van der Waals surface area contributed by atoms with Crippen molar-refractivity contribution >= 4 is 33.8 Å². The third-order valence-electron chi connectivity index (χ3n) is 1.38. The van der Waals surface area contributed by atoms with Gasteiger partial charge in [-0.25, -0.2) is 0 Å². The standard InChI is InChI=1S/C7H7BrClNO/c1-5-6(8)2-3-7(9,4-11)10-5/h2-4,10H,1H3. The van der Waals surface area contributed by atoms with Gasteiger partial charge < -0.3 is 5.32 Å². The lowest BCUT2D eigenvalue weighted by Crippen LogP contribution is -2.40. The van der Waals surface area contributed by atoms with Gasteiger partial charge in [-0.1, -0.05) is 11.6 Å². The van der Waals surface area contributed by atoms with Crippen LogP contribution in [-0.4, -0.2) is 11.3 Å². The van der Waals surface area contributed by atoms with Crippen molar-refractivity contribution in [3.05, 3.63) is 22.3 Å². The highest BCUT2D eigenvalue weighted by atomic mass is 79.9. The van der Waals surface area contributed by atoms with Crippen LogP contribution in [0.25, 0.3) is 0 Å². The molecule has 0 saturated heterocycles. The van der Waals surface area contributed by atoms with Crippen LogP contribution in [0, 0.1) is 0 Å². The molecule has 1 N–H and O–H groups in total. The van der Waals surface area contributed by atoms with Gasteiger partial charge in [-0.05, 0) is 35.0 Å². The summed E-state index contributed by atoms with van der Waals surface area (Å²) >= 11 is 9.09. The van der Waals surface area contributed by atoms with Crippen LogP contribution in [0.3, 0.4) is 0 Å². The maximum absolute atomic E-state index is 10.5. The average Bonchev–Trinajstić information content (AvgIpc) is 1.98. The molecule has 0 spiro atoms. The number of hydrogen-bond donors (Lipinski definition) is 1. The van der Waals surface area contributed by atoms with Crippen molar-refractivity contribution in [2.75, 3.05) is 0 Å². The molecule has 1 rings (SSSR count). The molecule has 4 heteroatoms. The Bertz CT molecular complexity index is 249. The number of dihydropyridines is 1. The van der Waals surface area contributed by atoms with Gasteiger partial charge in [0.05, 0.1) is 0 Å². The molecule has 0 aromatic heterocycles. The first-order valence-electron chi connectivity index (χ1n) is 3.06. The first-order valence-corrected chi connectivity index (χ1v) is 4.23. The van der Waals surface area contributed by atoms with E-state index in [1.807, 2.05) is 6.92 Å². The predicted molar refractivity (Wildman–Crippen MR) is 48.6 cm³/mol. The molecule has 0 fully saturated rings. The number of aldehydes is 1. The van der Waals surface area contributed by atoms with Crippen LogP contribution >= 0.6 is 27.5 Å². The summed E-state index contributed by atoms with van der Waals surface area (Å²) in [4.78, 5) is 9.40. The van der Waals surface area contributed by atoms with Crippen LogP contribution < -0.4 is 5.32 Å². The molecule has 0 amide bonds. The maximum Gasteiger partial charge on any atom is 0.187 e. The Balaban J connectivity index is 2.90. The largest absolute Gasteiger partial charge is 0.360 e. The van der Waals surface area contributed by atoms with E-state index in [9.17, 15) is 4.79 Å². The van der Waals surface area contributed by atoms with Gasteiger partial charge in [-0.15, -0.1) is 0 Å². The highest BCUT2D eigenvalue weighted by molar-refractivity contribution is 9.11. The Morgan fingerprint density at radius 3 is 2.91 bits per heavy atom. The minimum atomic E-state index is -1.05. The zero-order valence-electron chi connectivity index (χ0n) is 5.90. The molecule has 1 heterocycles. The summed E-state index contributed by atoms with van der Waals surface area (Å²) in [7, 11) is 0. The van der Waals surface area contributed by atoms with Gasteiger partial charge in [-0.3, -0.25) is 4.79 Å². The minimum absolute atomic E-state index is 0.661. The zero-order valence-corrected chi connectivity index (χ0v) is 8.24. The number of hydrogen-bond acceptors (Lipinski definition) is 2. The smallest absolute Gasteiger partial charge is 0.187 e. The van der Waals surface area contributed by atoms with Crippen molar-refractivity contribution in [2.45, 2.75) is 11.9 Å². The lowest BCUT2D eigenvalue weighted by Gasteiger charge is -2.24. The van der Waals surface area contributed by atoms with E-state index >= 15 is 0 Å². The fraction of sp³-hybridized carbons (Fsp3) is 0.286. The van der Waals surface area contributed by atoms with E-state index in [0.29, 0.717) is 6.29 Å². The van der Waals surface area contributed by atoms with Crippen LogP contribution in [0.2, 0.25) is 0 Å². The first kappa shape index (κ1) is 8.81. The van der Waals surface area contributed by atoms with E-state index in [0.717, 1.165) is 10.2 Å². The Labute approximate surface area is 78.4 Å². The van der Waals surface area contributed by atoms with E-state index in [2.05, 4.69) is 21.2 Å². The summed E-state index contributed by atoms with van der Waals surface area (Å²) < 4.78 is 0.913. The van der Waals surface area contributed by atoms with Crippen molar-refractivity contribution in [3.8, 4) is 0 Å². The average molecular weight is 236 g/mol. The number of halogens is 2. The Morgan fingerprint density at radius 2 is 2.45 bits per heavy atom. The van der Waals surface area contributed by atoms with Crippen LogP contribution in [0.4, 0.5) is 0 Å². The molecule has 1 aliphatic heterocycles. The van der Waals surface area contributed by atoms with Crippen molar-refractivity contribution in [3.63, 3.8) is 0 Å². The van der Waals surface area contributed by atoms with Gasteiger partial charge in [0.25, 0.3) is 0 Å². The summed E-state index contributed by atoms with van der Waals surface area (Å²) in [6, 6.07) is 0. The number of nitrogens with one attached hydrogen (secondary N) is 1. The molecule has 1 unspecified atom stereocenters. The van der Waals surface area contributed by atoms with Gasteiger partial charge >= 0.3 is 0 Å². The first-order chi connectivity index (χ1) is 5.07. The molecule has 0 aliphatic carbocycles. The zero-order chi connectivity index (χ0) is 8.48. The van der Waals surface area contributed by atoms with E-state index in [1.54, 1.807) is 12.2 Å². The lowest BCUT2D eigenvalue weighted by molar-refractivity contribution is -0.109. The van der Waals surface area contributed by atoms with Crippen LogP contribution in [0.5, 0.6) is 0 Å². The van der Waals surface area contributed by atoms with Gasteiger partial charge in [-0.2, -0.15) is 0 Å². The number of alkyl halides is 1. The summed E-state index contributed by atoms with van der Waals surface area (Å²) in [6.45, 7) is 1.84. The monoisotopic (exact) mass is 235 g/mol. The second kappa shape index (κ2) is 2.99. The van der Waals surface area contributed by atoms with E-state index < -0.39 is 5.00 Å². The molecule has 1 aliphatic rings. The Hall–Kier alpha value is -0.280. The summed E-state index contributed by atoms with van der Waals surface area (Å²) in [5.74, 6) is 0. The predicted octanol–water partition coefficient (Wildman–Crippen LogP) is 1.91. The highest BCUT2D eigenvalue weighted by Crippen LogP contribution is 2.23. The van der Waals surface area contributed by atoms with E-state index in [-0.39, 0.29) is 0 Å². The molecular weight excluding hydrogens is 229 g/mol. The molecular formula is C7H7BrClNO. The van der Waals surface area contributed by atoms with E-state index in [1.165, 1.54) is 0 Å². The normalized spacial score (nSPS) is 30.1. The molecule has 0 aromatic carbocycles. The minimum Gasteiger partial charge on any atom is -0.360 e. The lowest BCUT2D eigenvalue weighted by atomic mass is 10.2. The molecule has 0 bridgehead atoms. The summed E-state index contributed by atoms with van der Waals surface area (Å²) in [6.07, 6.45) is 4.01. The number of rotatable bonds is 1. The second-order valence-electron chi connectivity index (χ2n) is 2.32. The molecule has 0 aromatic rings. The third-order valence-corrected chi connectivity index (χ3v) is 2.55. The molecule has 2 nitrogen and oxygen atoms in total. The van der Waals surface area contributed by atoms with Crippen molar-refractivity contribution in [1.29, 1.82) is 0 Å². The van der Waals surface area contributed by atoms with E-state index in [4.69, 9.17) is 11.6 Å². The Kier molecular flexibility index (Phi) is 2.40. The second-order valence-corrected chi connectivity index (χ2v) is 3.80. The summed E-state index contributed by atoms with van der Waals surface area (Å²) in [5.41, 5.74) is 0.856. The van der Waals surface area contributed by atoms with Gasteiger partial charge in [0.1, 0.15) is 0 Å². The maximum atomic E-state index is 10.5. The van der Waals surface area contributed by atoms with Gasteiger partial charge in [0.15, 0.2) is 11.3 Å². The summed E-state index contributed by atoms with van der Waals surface area (Å²) in [5, 5.41) is 2.84. The van der Waals surface area contributed by atoms with Crippen molar-refractivity contribution in [1.82, 2.24) is 5.32 Å². The molecule has 1 atom stereocenters. The Morgan fingerprint density at radius 1 is 1.82 bits per heavy atom. The SMILES string of the molecule is CC1=C(Br)C=CC(Cl)(C=O)N1. The topological polar surface area (TPSA) is 29.1 Å².